The number of amides is 2. The third-order valence-electron chi connectivity index (χ3n) is 9.36. The molecular formula is C44H50N14O4. The summed E-state index contributed by atoms with van der Waals surface area (Å²) in [4.78, 5) is 54.1. The van der Waals surface area contributed by atoms with Crippen LogP contribution in [0.15, 0.2) is 97.1 Å². The number of benzene rings is 4. The Morgan fingerprint density at radius 3 is 1.19 bits per heavy atom. The standard InChI is InChI=1S/C44H50N14O4/c1-29-27-35(49-41-51-39(47-33-9-5-3-6-10-33)53-43(55-41)57(23-25-59)21-19-37(45)61)17-15-31(29)13-14-32-16-18-36(28-30(32)2)50-42-52-40(48-34-11-7-4-8-12-34)54-44(56-42)58(24-26-60)22-20-38(46)62/h3-18,27-28,59-60H,19-26H2,1-2H3,(H2,45,61)(H2,46,62)(H2,47,49,51,53,55)(H2,48,50,52,54,56). The van der Waals surface area contributed by atoms with Crippen molar-refractivity contribution in [2.45, 2.75) is 26.7 Å². The third-order valence-corrected chi connectivity index (χ3v) is 9.36. The van der Waals surface area contributed by atoms with Crippen molar-refractivity contribution in [3.8, 4) is 0 Å². The molecule has 18 heteroatoms. The molecule has 0 bridgehead atoms. The van der Waals surface area contributed by atoms with E-state index in [1.165, 1.54) is 0 Å². The molecule has 0 aliphatic rings. The maximum absolute atomic E-state index is 11.6. The van der Waals surface area contributed by atoms with Crippen LogP contribution in [0.2, 0.25) is 0 Å². The molecular weight excluding hydrogens is 789 g/mol. The molecule has 10 N–H and O–H groups in total. The third kappa shape index (κ3) is 12.9. The van der Waals surface area contributed by atoms with Gasteiger partial charge < -0.3 is 52.7 Å². The normalized spacial score (nSPS) is 11.0. The zero-order valence-corrected chi connectivity index (χ0v) is 34.5. The number of carbonyl (C=O) groups excluding carboxylic acids is 2. The molecule has 6 aromatic rings. The second-order valence-corrected chi connectivity index (χ2v) is 14.1. The van der Waals surface area contributed by atoms with Crippen LogP contribution in [-0.4, -0.2) is 91.3 Å². The van der Waals surface area contributed by atoms with E-state index in [-0.39, 0.29) is 87.9 Å². The molecule has 0 aliphatic carbocycles. The molecule has 0 atom stereocenters. The van der Waals surface area contributed by atoms with Crippen molar-refractivity contribution in [1.82, 2.24) is 29.9 Å². The molecule has 2 amide bonds. The Morgan fingerprint density at radius 1 is 0.516 bits per heavy atom. The van der Waals surface area contributed by atoms with Crippen molar-refractivity contribution < 1.29 is 19.8 Å². The molecule has 0 fully saturated rings. The highest BCUT2D eigenvalue weighted by molar-refractivity contribution is 5.76. The van der Waals surface area contributed by atoms with Crippen LogP contribution in [0.5, 0.6) is 0 Å². The van der Waals surface area contributed by atoms with Crippen molar-refractivity contribution in [3.63, 3.8) is 0 Å². The predicted octanol–water partition coefficient (Wildman–Crippen LogP) is 5.17. The molecule has 0 unspecified atom stereocenters. The molecule has 0 aliphatic heterocycles. The SMILES string of the molecule is Cc1cc(Nc2nc(Nc3ccccc3)nc(N(CCO)CCC(N)=O)n2)ccc1C=Cc1ccc(Nc2nc(Nc3ccccc3)nc(N(CCO)CCC(N)=O)n2)cc1C. The highest BCUT2D eigenvalue weighted by Gasteiger charge is 2.17. The van der Waals surface area contributed by atoms with Crippen LogP contribution in [-0.2, 0) is 9.59 Å². The summed E-state index contributed by atoms with van der Waals surface area (Å²) in [6.45, 7) is 4.51. The van der Waals surface area contributed by atoms with Crippen LogP contribution in [0.25, 0.3) is 12.2 Å². The number of para-hydroxylation sites is 2. The number of aliphatic hydroxyl groups excluding tert-OH is 2. The van der Waals surface area contributed by atoms with Crippen LogP contribution < -0.4 is 42.5 Å². The van der Waals surface area contributed by atoms with E-state index in [4.69, 9.17) is 11.5 Å². The summed E-state index contributed by atoms with van der Waals surface area (Å²) < 4.78 is 0. The van der Waals surface area contributed by atoms with Gasteiger partial charge in [-0.3, -0.25) is 9.59 Å². The summed E-state index contributed by atoms with van der Waals surface area (Å²) in [5.74, 6) is 0.693. The van der Waals surface area contributed by atoms with Crippen molar-refractivity contribution >= 4 is 82.4 Å². The minimum Gasteiger partial charge on any atom is -0.395 e. The number of carbonyl (C=O) groups is 2. The largest absolute Gasteiger partial charge is 0.395 e. The zero-order chi connectivity index (χ0) is 43.8. The summed E-state index contributed by atoms with van der Waals surface area (Å²) >= 11 is 0. The average Bonchev–Trinajstić information content (AvgIpc) is 3.24. The Morgan fingerprint density at radius 2 is 0.871 bits per heavy atom. The minimum absolute atomic E-state index is 0.0632. The van der Waals surface area contributed by atoms with Gasteiger partial charge in [0.25, 0.3) is 0 Å². The Hall–Kier alpha value is -7.70. The second-order valence-electron chi connectivity index (χ2n) is 14.1. The van der Waals surface area contributed by atoms with E-state index in [1.54, 1.807) is 9.80 Å². The van der Waals surface area contributed by atoms with Crippen LogP contribution in [0.1, 0.15) is 35.1 Å². The first kappa shape index (κ1) is 43.9. The van der Waals surface area contributed by atoms with Crippen LogP contribution in [0.4, 0.5) is 58.4 Å². The maximum atomic E-state index is 11.6. The first-order chi connectivity index (χ1) is 30.0. The number of anilines is 10. The molecule has 0 saturated heterocycles. The van der Waals surface area contributed by atoms with Gasteiger partial charge in [-0.05, 0) is 84.6 Å². The zero-order valence-electron chi connectivity index (χ0n) is 34.5. The number of hydrogen-bond acceptors (Lipinski definition) is 16. The molecule has 0 spiro atoms. The van der Waals surface area contributed by atoms with Crippen molar-refractivity contribution in [1.29, 1.82) is 0 Å². The second kappa shape index (κ2) is 21.5. The number of aliphatic hydroxyl groups is 2. The van der Waals surface area contributed by atoms with Crippen LogP contribution in [0, 0.1) is 13.8 Å². The van der Waals surface area contributed by atoms with Gasteiger partial charge in [-0.2, -0.15) is 29.9 Å². The molecule has 4 aromatic carbocycles. The van der Waals surface area contributed by atoms with Gasteiger partial charge >= 0.3 is 0 Å². The monoisotopic (exact) mass is 838 g/mol. The predicted molar refractivity (Wildman–Crippen MR) is 243 cm³/mol. The number of aromatic nitrogens is 6. The number of nitrogens with one attached hydrogen (secondary N) is 4. The van der Waals surface area contributed by atoms with Gasteiger partial charge in [-0.25, -0.2) is 0 Å². The smallest absolute Gasteiger partial charge is 0.233 e. The Balaban J connectivity index is 1.19. The molecule has 320 valence electrons. The van der Waals surface area contributed by atoms with Gasteiger partial charge in [0, 0.05) is 61.8 Å². The van der Waals surface area contributed by atoms with Gasteiger partial charge in [-0.1, -0.05) is 60.7 Å². The summed E-state index contributed by atoms with van der Waals surface area (Å²) in [7, 11) is 0. The first-order valence-corrected chi connectivity index (χ1v) is 19.9. The molecule has 18 nitrogen and oxygen atoms in total. The summed E-state index contributed by atoms with van der Waals surface area (Å²) in [6.07, 6.45) is 4.22. The number of rotatable bonds is 22. The molecule has 0 saturated carbocycles. The lowest BCUT2D eigenvalue weighted by Gasteiger charge is -2.22. The summed E-state index contributed by atoms with van der Waals surface area (Å²) in [5.41, 5.74) is 17.9. The van der Waals surface area contributed by atoms with Crippen molar-refractivity contribution in [2.75, 3.05) is 70.5 Å². The average molecular weight is 839 g/mol. The Labute approximate surface area is 359 Å². The van der Waals surface area contributed by atoms with E-state index in [9.17, 15) is 19.8 Å². The quantitative estimate of drug-likeness (QED) is 0.0411. The number of aryl methyl sites for hydroxylation is 2. The van der Waals surface area contributed by atoms with E-state index in [0.29, 0.717) is 0 Å². The lowest BCUT2D eigenvalue weighted by Crippen LogP contribution is -2.32. The number of hydrogen-bond donors (Lipinski definition) is 8. The Bertz CT molecular complexity index is 2300. The van der Waals surface area contributed by atoms with E-state index in [1.807, 2.05) is 123 Å². The lowest BCUT2D eigenvalue weighted by molar-refractivity contribution is -0.118. The molecule has 62 heavy (non-hydrogen) atoms. The molecule has 0 radical (unpaired) electrons. The fourth-order valence-electron chi connectivity index (χ4n) is 6.21. The van der Waals surface area contributed by atoms with E-state index >= 15 is 0 Å². The molecule has 2 aromatic heterocycles. The summed E-state index contributed by atoms with van der Waals surface area (Å²) in [5, 5.41) is 32.5. The molecule has 2 heterocycles. The molecule has 6 rings (SSSR count). The fraction of sp³-hybridized carbons (Fsp3) is 0.227. The van der Waals surface area contributed by atoms with Crippen molar-refractivity contribution in [3.05, 3.63) is 119 Å². The fourth-order valence-corrected chi connectivity index (χ4v) is 6.21. The van der Waals surface area contributed by atoms with Crippen molar-refractivity contribution in [2.24, 2.45) is 11.5 Å². The van der Waals surface area contributed by atoms with Gasteiger partial charge in [-0.15, -0.1) is 0 Å². The van der Waals surface area contributed by atoms with Gasteiger partial charge in [0.15, 0.2) is 0 Å². The van der Waals surface area contributed by atoms with E-state index < -0.39 is 11.8 Å². The highest BCUT2D eigenvalue weighted by Crippen LogP contribution is 2.26. The van der Waals surface area contributed by atoms with E-state index in [0.717, 1.165) is 45.0 Å². The summed E-state index contributed by atoms with van der Waals surface area (Å²) in [6, 6.07) is 30.8. The van der Waals surface area contributed by atoms with Gasteiger partial charge in [0.2, 0.25) is 47.5 Å². The minimum atomic E-state index is -0.475. The number of nitrogens with two attached hydrogens (primary N) is 2. The van der Waals surface area contributed by atoms with Crippen LogP contribution >= 0.6 is 0 Å². The maximum Gasteiger partial charge on any atom is 0.233 e. The first-order valence-electron chi connectivity index (χ1n) is 19.9. The number of nitrogens with zero attached hydrogens (tertiary/aromatic N) is 8. The van der Waals surface area contributed by atoms with E-state index in [2.05, 4.69) is 51.2 Å². The number of primary amides is 2. The Kier molecular flexibility index (Phi) is 15.2. The lowest BCUT2D eigenvalue weighted by atomic mass is 10.0. The van der Waals surface area contributed by atoms with Crippen LogP contribution in [0.3, 0.4) is 0 Å². The topological polar surface area (TPSA) is 259 Å². The highest BCUT2D eigenvalue weighted by atomic mass is 16.3. The van der Waals surface area contributed by atoms with Gasteiger partial charge in [0.1, 0.15) is 0 Å². The van der Waals surface area contributed by atoms with Gasteiger partial charge in [0.05, 0.1) is 13.2 Å².